The fraction of sp³-hybridized carbons (Fsp3) is 0.0250. The minimum Gasteiger partial charge on any atom is -0.478 e. The Kier molecular flexibility index (Phi) is 12.1. The monoisotopic (exact) mass is 818 g/mol. The Hall–Kier alpha value is -5.79. The average Bonchev–Trinajstić information content (AvgIpc) is 3.16. The van der Waals surface area contributed by atoms with Crippen LogP contribution in [0.3, 0.4) is 0 Å². The van der Waals surface area contributed by atoms with E-state index in [0.717, 1.165) is 0 Å². The molecule has 55 heavy (non-hydrogen) atoms. The van der Waals surface area contributed by atoms with Crippen molar-refractivity contribution in [2.45, 2.75) is 6.04 Å². The number of ether oxygens (including phenoxy) is 3. The summed E-state index contributed by atoms with van der Waals surface area (Å²) in [5.41, 5.74) is 2.25. The van der Waals surface area contributed by atoms with Gasteiger partial charge in [-0.2, -0.15) is 5.48 Å². The SMILES string of the molecule is O=C(O)c1c(Cl)ccc(Cl)c1C(=O)Nc1ccc(Oc2cccc(Oc3ccc(Oc4ccc(C(NO)c5c(Cl)ccc(Cl)c5C(=O)O)cc4)cc3)c2)cc1. The standard InChI is InChI=1S/C40H26Cl4N2O9/c41-29-16-18-31(43)35(39(48)49)33(29)37(46-52)21-4-8-23(9-5-21)53-25-12-14-26(15-13-25)55-28-3-1-2-27(20-28)54-24-10-6-22(7-11-24)45-38(47)34-30(42)17-19-32(44)36(34)40(50)51/h1-20,37,46,52H,(H,45,47)(H,48,49)(H,50,51). The minimum absolute atomic E-state index is 0.0173. The molecule has 6 aromatic rings. The summed E-state index contributed by atoms with van der Waals surface area (Å²) in [7, 11) is 0. The van der Waals surface area contributed by atoms with Gasteiger partial charge in [-0.3, -0.25) is 4.79 Å². The molecule has 0 saturated heterocycles. The van der Waals surface area contributed by atoms with E-state index in [2.05, 4.69) is 10.8 Å². The molecule has 1 atom stereocenters. The van der Waals surface area contributed by atoms with Crippen LogP contribution in [0.1, 0.15) is 48.2 Å². The molecule has 0 spiro atoms. The van der Waals surface area contributed by atoms with E-state index in [4.69, 9.17) is 60.6 Å². The predicted molar refractivity (Wildman–Crippen MR) is 208 cm³/mol. The quantitative estimate of drug-likeness (QED) is 0.0709. The van der Waals surface area contributed by atoms with Crippen LogP contribution in [0.15, 0.2) is 121 Å². The van der Waals surface area contributed by atoms with E-state index in [9.17, 15) is 29.8 Å². The van der Waals surface area contributed by atoms with E-state index < -0.39 is 29.5 Å². The molecule has 0 saturated carbocycles. The Labute approximate surface area is 333 Å². The Morgan fingerprint density at radius 1 is 0.509 bits per heavy atom. The second kappa shape index (κ2) is 17.1. The summed E-state index contributed by atoms with van der Waals surface area (Å²) < 4.78 is 18.0. The number of carbonyl (C=O) groups is 3. The van der Waals surface area contributed by atoms with Gasteiger partial charge in [-0.05, 0) is 103 Å². The molecule has 0 aliphatic heterocycles. The highest BCUT2D eigenvalue weighted by Gasteiger charge is 2.26. The first-order valence-corrected chi connectivity index (χ1v) is 17.5. The van der Waals surface area contributed by atoms with Crippen LogP contribution < -0.4 is 25.0 Å². The zero-order valence-electron chi connectivity index (χ0n) is 27.9. The zero-order valence-corrected chi connectivity index (χ0v) is 31.0. The van der Waals surface area contributed by atoms with Gasteiger partial charge in [-0.25, -0.2) is 9.59 Å². The first kappa shape index (κ1) is 38.9. The first-order valence-electron chi connectivity index (χ1n) is 16.0. The van der Waals surface area contributed by atoms with Gasteiger partial charge in [0.1, 0.15) is 34.5 Å². The zero-order chi connectivity index (χ0) is 39.2. The van der Waals surface area contributed by atoms with Gasteiger partial charge in [-0.1, -0.05) is 64.6 Å². The molecule has 1 unspecified atom stereocenters. The molecule has 5 N–H and O–H groups in total. The van der Waals surface area contributed by atoms with Crippen molar-refractivity contribution >= 4 is 69.9 Å². The molecule has 15 heteroatoms. The number of carboxylic acids is 2. The number of hydrogen-bond acceptors (Lipinski definition) is 8. The molecule has 1 amide bonds. The third-order valence-electron chi connectivity index (χ3n) is 7.98. The summed E-state index contributed by atoms with van der Waals surface area (Å²) in [5.74, 6) is -0.460. The Bertz CT molecular complexity index is 2390. The highest BCUT2D eigenvalue weighted by molar-refractivity contribution is 6.39. The molecule has 278 valence electrons. The number of rotatable bonds is 13. The van der Waals surface area contributed by atoms with Crippen LogP contribution in [-0.4, -0.2) is 33.3 Å². The Balaban J connectivity index is 1.06. The lowest BCUT2D eigenvalue weighted by atomic mass is 9.94. The number of benzene rings is 6. The van der Waals surface area contributed by atoms with Crippen molar-refractivity contribution in [1.82, 2.24) is 5.48 Å². The maximum atomic E-state index is 12.9. The lowest BCUT2D eigenvalue weighted by Crippen LogP contribution is -2.22. The van der Waals surface area contributed by atoms with Crippen LogP contribution in [0.25, 0.3) is 0 Å². The van der Waals surface area contributed by atoms with Crippen LogP contribution in [0, 0.1) is 0 Å². The molecule has 0 aliphatic rings. The number of hydroxylamine groups is 1. The van der Waals surface area contributed by atoms with Crippen molar-refractivity contribution in [2.24, 2.45) is 0 Å². The van der Waals surface area contributed by atoms with E-state index in [1.54, 1.807) is 97.1 Å². The molecule has 0 radical (unpaired) electrons. The van der Waals surface area contributed by atoms with E-state index in [0.29, 0.717) is 45.7 Å². The Morgan fingerprint density at radius 3 is 1.42 bits per heavy atom. The van der Waals surface area contributed by atoms with Crippen molar-refractivity contribution in [3.63, 3.8) is 0 Å². The van der Waals surface area contributed by atoms with Crippen molar-refractivity contribution < 1.29 is 44.0 Å². The van der Waals surface area contributed by atoms with E-state index >= 15 is 0 Å². The van der Waals surface area contributed by atoms with Gasteiger partial charge in [0.2, 0.25) is 0 Å². The van der Waals surface area contributed by atoms with Crippen molar-refractivity contribution in [1.29, 1.82) is 0 Å². The lowest BCUT2D eigenvalue weighted by Gasteiger charge is -2.20. The molecule has 6 aromatic carbocycles. The van der Waals surface area contributed by atoms with Gasteiger partial charge in [0, 0.05) is 22.3 Å². The number of anilines is 1. The second-order valence-corrected chi connectivity index (χ2v) is 13.2. The minimum atomic E-state index is -1.38. The molecule has 11 nitrogen and oxygen atoms in total. The van der Waals surface area contributed by atoms with Crippen LogP contribution in [0.2, 0.25) is 20.1 Å². The fourth-order valence-corrected chi connectivity index (χ4v) is 6.46. The van der Waals surface area contributed by atoms with Crippen molar-refractivity contribution in [3.8, 4) is 34.5 Å². The number of aromatic carboxylic acids is 2. The summed E-state index contributed by atoms with van der Waals surface area (Å²) >= 11 is 24.6. The smallest absolute Gasteiger partial charge is 0.338 e. The normalized spacial score (nSPS) is 11.4. The van der Waals surface area contributed by atoms with Gasteiger partial charge in [-0.15, -0.1) is 0 Å². The summed E-state index contributed by atoms with van der Waals surface area (Å²) in [6, 6.07) is 31.4. The van der Waals surface area contributed by atoms with E-state index in [1.807, 2.05) is 0 Å². The van der Waals surface area contributed by atoms with Crippen LogP contribution in [0.4, 0.5) is 5.69 Å². The van der Waals surface area contributed by atoms with Crippen LogP contribution in [0.5, 0.6) is 34.5 Å². The molecular formula is C40H26Cl4N2O9. The van der Waals surface area contributed by atoms with E-state index in [-0.39, 0.29) is 36.8 Å². The molecule has 0 heterocycles. The maximum absolute atomic E-state index is 12.9. The van der Waals surface area contributed by atoms with Gasteiger partial charge in [0.15, 0.2) is 0 Å². The third-order valence-corrected chi connectivity index (χ3v) is 9.25. The summed E-state index contributed by atoms with van der Waals surface area (Å²) in [6.07, 6.45) is 0. The topological polar surface area (TPSA) is 164 Å². The molecule has 0 fully saturated rings. The average molecular weight is 820 g/mol. The molecule has 0 aromatic heterocycles. The van der Waals surface area contributed by atoms with Crippen molar-refractivity contribution in [2.75, 3.05) is 5.32 Å². The number of carboxylic acid groups (broad SMARTS) is 2. The Morgan fingerprint density at radius 2 is 0.927 bits per heavy atom. The highest BCUT2D eigenvalue weighted by Crippen LogP contribution is 2.37. The van der Waals surface area contributed by atoms with Gasteiger partial charge < -0.3 is 34.9 Å². The highest BCUT2D eigenvalue weighted by atomic mass is 35.5. The lowest BCUT2D eigenvalue weighted by molar-refractivity contribution is 0.0682. The maximum Gasteiger partial charge on any atom is 0.338 e. The van der Waals surface area contributed by atoms with Crippen LogP contribution in [-0.2, 0) is 0 Å². The second-order valence-electron chi connectivity index (χ2n) is 11.6. The van der Waals surface area contributed by atoms with Crippen LogP contribution >= 0.6 is 46.4 Å². The third kappa shape index (κ3) is 9.13. The molecule has 0 aliphatic carbocycles. The first-order chi connectivity index (χ1) is 26.4. The molecule has 0 bridgehead atoms. The number of amides is 1. The summed E-state index contributed by atoms with van der Waals surface area (Å²) in [5, 5.41) is 31.7. The van der Waals surface area contributed by atoms with Gasteiger partial charge in [0.25, 0.3) is 5.91 Å². The summed E-state index contributed by atoms with van der Waals surface area (Å²) in [4.78, 5) is 36.5. The van der Waals surface area contributed by atoms with Gasteiger partial charge >= 0.3 is 11.9 Å². The van der Waals surface area contributed by atoms with E-state index in [1.165, 1.54) is 24.3 Å². The number of halogens is 4. The molecular weight excluding hydrogens is 794 g/mol. The number of hydrogen-bond donors (Lipinski definition) is 5. The predicted octanol–water partition coefficient (Wildman–Crippen LogP) is 11.4. The van der Waals surface area contributed by atoms with Crippen molar-refractivity contribution in [3.05, 3.63) is 169 Å². The number of carbonyl (C=O) groups excluding carboxylic acids is 1. The fourth-order valence-electron chi connectivity index (χ4n) is 5.47. The van der Waals surface area contributed by atoms with Gasteiger partial charge in [0.05, 0.1) is 37.8 Å². The number of nitrogens with one attached hydrogen (secondary N) is 2. The summed E-state index contributed by atoms with van der Waals surface area (Å²) in [6.45, 7) is 0. The molecule has 6 rings (SSSR count). The largest absolute Gasteiger partial charge is 0.478 e.